The first-order chi connectivity index (χ1) is 8.58. The lowest BCUT2D eigenvalue weighted by Gasteiger charge is -2.18. The van der Waals surface area contributed by atoms with Crippen molar-refractivity contribution in [2.24, 2.45) is 5.92 Å². The Balaban J connectivity index is 2.08. The molecule has 0 spiro atoms. The van der Waals surface area contributed by atoms with Crippen LogP contribution in [0.15, 0.2) is 18.2 Å². The first-order valence-corrected chi connectivity index (χ1v) is 6.61. The third-order valence-electron chi connectivity index (χ3n) is 3.45. The van der Waals surface area contributed by atoms with Gasteiger partial charge in [0.25, 0.3) is 5.69 Å². The Morgan fingerprint density at radius 2 is 2.17 bits per heavy atom. The summed E-state index contributed by atoms with van der Waals surface area (Å²) in [7, 11) is 0. The zero-order valence-corrected chi connectivity index (χ0v) is 11.0. The van der Waals surface area contributed by atoms with E-state index in [2.05, 4.69) is 12.2 Å². The van der Waals surface area contributed by atoms with Gasteiger partial charge >= 0.3 is 0 Å². The number of rotatable bonds is 6. The van der Waals surface area contributed by atoms with Gasteiger partial charge in [0.05, 0.1) is 4.92 Å². The van der Waals surface area contributed by atoms with Crippen molar-refractivity contribution in [3.05, 3.63) is 33.9 Å². The second-order valence-corrected chi connectivity index (χ2v) is 5.24. The lowest BCUT2D eigenvalue weighted by Crippen LogP contribution is -2.19. The number of aryl methyl sites for hydroxylation is 1. The molecule has 0 aromatic heterocycles. The van der Waals surface area contributed by atoms with Crippen LogP contribution in [-0.4, -0.2) is 11.0 Å². The van der Waals surface area contributed by atoms with Crippen LogP contribution in [0.3, 0.4) is 0 Å². The fraction of sp³-hybridized carbons (Fsp3) is 0.571. The van der Waals surface area contributed by atoms with Crippen molar-refractivity contribution < 1.29 is 4.92 Å². The predicted molar refractivity (Wildman–Crippen MR) is 72.9 cm³/mol. The molecule has 0 heterocycles. The highest BCUT2D eigenvalue weighted by Gasteiger charge is 2.24. The number of anilines is 1. The molecule has 1 N–H and O–H groups in total. The largest absolute Gasteiger partial charge is 0.382 e. The molecule has 98 valence electrons. The number of non-ortho nitro benzene ring substituents is 1. The molecule has 0 amide bonds. The second-order valence-electron chi connectivity index (χ2n) is 5.24. The number of nitro groups is 1. The van der Waals surface area contributed by atoms with Gasteiger partial charge in [-0.2, -0.15) is 0 Å². The Bertz CT molecular complexity index is 441. The summed E-state index contributed by atoms with van der Waals surface area (Å²) in [5, 5.41) is 14.3. The van der Waals surface area contributed by atoms with E-state index >= 15 is 0 Å². The van der Waals surface area contributed by atoms with Crippen LogP contribution in [0.2, 0.25) is 0 Å². The van der Waals surface area contributed by atoms with Gasteiger partial charge in [0.1, 0.15) is 0 Å². The van der Waals surface area contributed by atoms with E-state index < -0.39 is 0 Å². The van der Waals surface area contributed by atoms with E-state index in [1.165, 1.54) is 19.3 Å². The van der Waals surface area contributed by atoms with Gasteiger partial charge in [-0.25, -0.2) is 0 Å². The Kier molecular flexibility index (Phi) is 3.84. The van der Waals surface area contributed by atoms with Crippen molar-refractivity contribution in [1.29, 1.82) is 0 Å². The molecular weight excluding hydrogens is 228 g/mol. The first kappa shape index (κ1) is 12.9. The molecule has 0 radical (unpaired) electrons. The third-order valence-corrected chi connectivity index (χ3v) is 3.45. The predicted octanol–water partition coefficient (Wildman–Crippen LogP) is 3.89. The van der Waals surface area contributed by atoms with Crippen LogP contribution in [-0.2, 0) is 0 Å². The van der Waals surface area contributed by atoms with Gasteiger partial charge in [-0.15, -0.1) is 0 Å². The average molecular weight is 248 g/mol. The Morgan fingerprint density at radius 3 is 2.72 bits per heavy atom. The summed E-state index contributed by atoms with van der Waals surface area (Å²) in [6.45, 7) is 4.05. The Morgan fingerprint density at radius 1 is 1.44 bits per heavy atom. The van der Waals surface area contributed by atoms with Crippen molar-refractivity contribution in [1.82, 2.24) is 0 Å². The van der Waals surface area contributed by atoms with Crippen molar-refractivity contribution >= 4 is 11.4 Å². The van der Waals surface area contributed by atoms with Gasteiger partial charge < -0.3 is 5.32 Å². The zero-order chi connectivity index (χ0) is 13.1. The van der Waals surface area contributed by atoms with Crippen LogP contribution in [0, 0.1) is 23.0 Å². The lowest BCUT2D eigenvalue weighted by atomic mass is 10.1. The number of nitrogens with zero attached hydrogens (tertiary/aromatic N) is 1. The molecular formula is C14H20N2O2. The maximum absolute atomic E-state index is 10.8. The number of benzene rings is 1. The molecule has 1 aliphatic rings. The quantitative estimate of drug-likeness (QED) is 0.613. The molecule has 0 bridgehead atoms. The van der Waals surface area contributed by atoms with Crippen LogP contribution in [0.5, 0.6) is 0 Å². The van der Waals surface area contributed by atoms with Crippen LogP contribution in [0.4, 0.5) is 11.4 Å². The maximum atomic E-state index is 10.8. The van der Waals surface area contributed by atoms with E-state index in [1.807, 2.05) is 13.0 Å². The van der Waals surface area contributed by atoms with Crippen molar-refractivity contribution in [3.63, 3.8) is 0 Å². The topological polar surface area (TPSA) is 55.2 Å². The van der Waals surface area contributed by atoms with Gasteiger partial charge in [0, 0.05) is 23.9 Å². The highest BCUT2D eigenvalue weighted by atomic mass is 16.6. The number of hydrogen-bond donors (Lipinski definition) is 1. The minimum atomic E-state index is -0.333. The van der Waals surface area contributed by atoms with Gasteiger partial charge in [0.15, 0.2) is 0 Å². The molecule has 1 aromatic carbocycles. The highest BCUT2D eigenvalue weighted by Crippen LogP contribution is 2.35. The van der Waals surface area contributed by atoms with Crippen LogP contribution in [0.1, 0.15) is 38.2 Å². The molecule has 1 atom stereocenters. The van der Waals surface area contributed by atoms with E-state index in [0.717, 1.165) is 23.6 Å². The highest BCUT2D eigenvalue weighted by molar-refractivity contribution is 5.54. The van der Waals surface area contributed by atoms with Gasteiger partial charge in [-0.05, 0) is 37.3 Å². The molecule has 4 heteroatoms. The van der Waals surface area contributed by atoms with Crippen LogP contribution in [0.25, 0.3) is 0 Å². The third kappa shape index (κ3) is 3.45. The SMILES string of the molecule is CCC(CC1CC1)Nc1cc(C)cc([N+](=O)[O-])c1. The number of nitrogens with one attached hydrogen (secondary N) is 1. The summed E-state index contributed by atoms with van der Waals surface area (Å²) in [6.07, 6.45) is 4.91. The summed E-state index contributed by atoms with van der Waals surface area (Å²) >= 11 is 0. The molecule has 1 saturated carbocycles. The van der Waals surface area contributed by atoms with E-state index in [4.69, 9.17) is 0 Å². The Hall–Kier alpha value is -1.58. The van der Waals surface area contributed by atoms with E-state index in [1.54, 1.807) is 12.1 Å². The Labute approximate surface area is 108 Å². The van der Waals surface area contributed by atoms with Crippen LogP contribution >= 0.6 is 0 Å². The average Bonchev–Trinajstić information content (AvgIpc) is 3.11. The number of nitro benzene ring substituents is 1. The number of hydrogen-bond acceptors (Lipinski definition) is 3. The van der Waals surface area contributed by atoms with Gasteiger partial charge in [0.2, 0.25) is 0 Å². The summed E-state index contributed by atoms with van der Waals surface area (Å²) in [5.41, 5.74) is 1.96. The van der Waals surface area contributed by atoms with Crippen molar-refractivity contribution in [2.75, 3.05) is 5.32 Å². The van der Waals surface area contributed by atoms with E-state index in [0.29, 0.717) is 6.04 Å². The summed E-state index contributed by atoms with van der Waals surface area (Å²) in [6, 6.07) is 5.64. The molecule has 18 heavy (non-hydrogen) atoms. The van der Waals surface area contributed by atoms with E-state index in [9.17, 15) is 10.1 Å². The van der Waals surface area contributed by atoms with Gasteiger partial charge in [-0.1, -0.05) is 19.8 Å². The maximum Gasteiger partial charge on any atom is 0.271 e. The van der Waals surface area contributed by atoms with Crippen molar-refractivity contribution in [2.45, 2.75) is 45.6 Å². The fourth-order valence-electron chi connectivity index (χ4n) is 2.27. The normalized spacial score (nSPS) is 16.3. The second kappa shape index (κ2) is 5.38. The summed E-state index contributed by atoms with van der Waals surface area (Å²) in [5.74, 6) is 0.863. The zero-order valence-electron chi connectivity index (χ0n) is 11.0. The first-order valence-electron chi connectivity index (χ1n) is 6.61. The molecule has 1 aromatic rings. The molecule has 0 saturated heterocycles. The lowest BCUT2D eigenvalue weighted by molar-refractivity contribution is -0.384. The molecule has 1 unspecified atom stereocenters. The van der Waals surface area contributed by atoms with Crippen molar-refractivity contribution in [3.8, 4) is 0 Å². The minimum absolute atomic E-state index is 0.166. The monoisotopic (exact) mass is 248 g/mol. The molecule has 1 aliphatic carbocycles. The summed E-state index contributed by atoms with van der Waals surface area (Å²) < 4.78 is 0. The molecule has 4 nitrogen and oxygen atoms in total. The molecule has 0 aliphatic heterocycles. The summed E-state index contributed by atoms with van der Waals surface area (Å²) in [4.78, 5) is 10.5. The van der Waals surface area contributed by atoms with Gasteiger partial charge in [-0.3, -0.25) is 10.1 Å². The minimum Gasteiger partial charge on any atom is -0.382 e. The fourth-order valence-corrected chi connectivity index (χ4v) is 2.27. The molecule has 2 rings (SSSR count). The van der Waals surface area contributed by atoms with Crippen LogP contribution < -0.4 is 5.32 Å². The van der Waals surface area contributed by atoms with E-state index in [-0.39, 0.29) is 10.6 Å². The smallest absolute Gasteiger partial charge is 0.271 e. The molecule has 1 fully saturated rings. The standard InChI is InChI=1S/C14H20N2O2/c1-3-12(8-11-4-5-11)15-13-6-10(2)7-14(9-13)16(17)18/h6-7,9,11-12,15H,3-5,8H2,1-2H3.